The van der Waals surface area contributed by atoms with Gasteiger partial charge in [0, 0.05) is 11.9 Å². The quantitative estimate of drug-likeness (QED) is 0.910. The molecule has 1 heterocycles. The second-order valence-electron chi connectivity index (χ2n) is 4.20. The lowest BCUT2D eigenvalue weighted by molar-refractivity contribution is 0.969. The molecule has 2 rings (SSSR count). The molecule has 1 aromatic heterocycles. The second-order valence-corrected chi connectivity index (χ2v) is 5.06. The van der Waals surface area contributed by atoms with Gasteiger partial charge >= 0.3 is 0 Å². The average Bonchev–Trinajstić information content (AvgIpc) is 2.35. The summed E-state index contributed by atoms with van der Waals surface area (Å²) in [6.45, 7) is 2.70. The number of aromatic nitrogens is 1. The van der Waals surface area contributed by atoms with Crippen molar-refractivity contribution in [3.63, 3.8) is 0 Å². The summed E-state index contributed by atoms with van der Waals surface area (Å²) in [5.74, 6) is 0.826. The Balaban J connectivity index is 2.13. The maximum atomic E-state index is 5.52. The summed E-state index contributed by atoms with van der Waals surface area (Å²) in [6.07, 6.45) is 2.75. The highest BCUT2D eigenvalue weighted by atomic mass is 79.9. The Hall–Kier alpha value is -1.39. The molecule has 94 valence electrons. The van der Waals surface area contributed by atoms with E-state index in [1.807, 2.05) is 31.3 Å². The summed E-state index contributed by atoms with van der Waals surface area (Å²) in [6, 6.07) is 10.3. The summed E-state index contributed by atoms with van der Waals surface area (Å²) in [5, 5.41) is 3.28. The number of rotatable bonds is 4. The van der Waals surface area contributed by atoms with Crippen LogP contribution in [0.25, 0.3) is 0 Å². The minimum Gasteiger partial charge on any atom is -0.339 e. The number of hydrogen-bond acceptors (Lipinski definition) is 3. The highest BCUT2D eigenvalue weighted by Gasteiger charge is 2.02. The molecule has 0 radical (unpaired) electrons. The van der Waals surface area contributed by atoms with Crippen molar-refractivity contribution in [3.8, 4) is 0 Å². The largest absolute Gasteiger partial charge is 0.339 e. The van der Waals surface area contributed by atoms with Crippen LogP contribution < -0.4 is 11.1 Å². The van der Waals surface area contributed by atoms with Gasteiger partial charge in [-0.2, -0.15) is 0 Å². The van der Waals surface area contributed by atoms with E-state index in [4.69, 9.17) is 5.73 Å². The van der Waals surface area contributed by atoms with Crippen LogP contribution in [0.1, 0.15) is 11.1 Å². The molecule has 0 aliphatic heterocycles. The fourth-order valence-corrected chi connectivity index (χ4v) is 2.25. The van der Waals surface area contributed by atoms with E-state index >= 15 is 0 Å². The third kappa shape index (κ3) is 3.31. The molecule has 0 amide bonds. The van der Waals surface area contributed by atoms with E-state index < -0.39 is 0 Å². The minimum absolute atomic E-state index is 0.678. The number of anilines is 2. The Bertz CT molecular complexity index is 523. The summed E-state index contributed by atoms with van der Waals surface area (Å²) >= 11 is 3.50. The molecule has 0 saturated carbocycles. The monoisotopic (exact) mass is 305 g/mol. The molecule has 3 N–H and O–H groups in total. The van der Waals surface area contributed by atoms with Gasteiger partial charge in [-0.05, 0) is 65.1 Å². The minimum atomic E-state index is 0.678. The van der Waals surface area contributed by atoms with Crippen LogP contribution in [0.2, 0.25) is 0 Å². The van der Waals surface area contributed by atoms with Crippen molar-refractivity contribution in [2.24, 2.45) is 5.73 Å². The molecule has 0 unspecified atom stereocenters. The van der Waals surface area contributed by atoms with Crippen molar-refractivity contribution in [3.05, 3.63) is 52.1 Å². The smallest absolute Gasteiger partial charge is 0.144 e. The molecule has 0 fully saturated rings. The number of halogens is 1. The summed E-state index contributed by atoms with van der Waals surface area (Å²) in [7, 11) is 0. The predicted molar refractivity (Wildman–Crippen MR) is 79.2 cm³/mol. The first-order valence-corrected chi connectivity index (χ1v) is 6.66. The standard InChI is InChI=1S/C14H16BrN3/c1-10-8-13(15)14(17-9-10)18-12-4-2-11(3-5-12)6-7-16/h2-5,8-9H,6-7,16H2,1H3,(H,17,18). The number of nitrogens with two attached hydrogens (primary N) is 1. The maximum Gasteiger partial charge on any atom is 0.144 e. The number of pyridine rings is 1. The highest BCUT2D eigenvalue weighted by molar-refractivity contribution is 9.10. The van der Waals surface area contributed by atoms with Crippen LogP contribution in [0.15, 0.2) is 41.0 Å². The van der Waals surface area contributed by atoms with Gasteiger partial charge in [-0.25, -0.2) is 4.98 Å². The fraction of sp³-hybridized carbons (Fsp3) is 0.214. The zero-order valence-corrected chi connectivity index (χ0v) is 11.9. The Morgan fingerprint density at radius 2 is 2.00 bits per heavy atom. The first kappa shape index (κ1) is 13.1. The van der Waals surface area contributed by atoms with Gasteiger partial charge in [-0.15, -0.1) is 0 Å². The van der Waals surface area contributed by atoms with E-state index in [0.717, 1.165) is 28.0 Å². The van der Waals surface area contributed by atoms with Crippen molar-refractivity contribution in [1.29, 1.82) is 0 Å². The Morgan fingerprint density at radius 3 is 2.61 bits per heavy atom. The van der Waals surface area contributed by atoms with Crippen molar-refractivity contribution in [2.75, 3.05) is 11.9 Å². The Morgan fingerprint density at radius 1 is 1.28 bits per heavy atom. The molecule has 0 aliphatic rings. The molecule has 0 saturated heterocycles. The lowest BCUT2D eigenvalue weighted by atomic mass is 10.1. The number of nitrogens with one attached hydrogen (secondary N) is 1. The van der Waals surface area contributed by atoms with Gasteiger partial charge in [0.15, 0.2) is 0 Å². The number of aryl methyl sites for hydroxylation is 1. The zero-order chi connectivity index (χ0) is 13.0. The van der Waals surface area contributed by atoms with Crippen LogP contribution in [-0.2, 0) is 6.42 Å². The Kier molecular flexibility index (Phi) is 4.33. The molecule has 1 aromatic carbocycles. The maximum absolute atomic E-state index is 5.52. The van der Waals surface area contributed by atoms with Crippen LogP contribution in [0.4, 0.5) is 11.5 Å². The molecular formula is C14H16BrN3. The fourth-order valence-electron chi connectivity index (χ4n) is 1.68. The number of benzene rings is 1. The molecule has 3 nitrogen and oxygen atoms in total. The topological polar surface area (TPSA) is 50.9 Å². The third-order valence-corrected chi connectivity index (χ3v) is 3.23. The lowest BCUT2D eigenvalue weighted by Gasteiger charge is -2.08. The van der Waals surface area contributed by atoms with E-state index in [-0.39, 0.29) is 0 Å². The van der Waals surface area contributed by atoms with Gasteiger partial charge in [0.05, 0.1) is 4.47 Å². The molecule has 0 spiro atoms. The summed E-state index contributed by atoms with van der Waals surface area (Å²) in [4.78, 5) is 4.35. The predicted octanol–water partition coefficient (Wildman–Crippen LogP) is 3.40. The second kappa shape index (κ2) is 5.98. The van der Waals surface area contributed by atoms with Gasteiger partial charge in [0.1, 0.15) is 5.82 Å². The summed E-state index contributed by atoms with van der Waals surface area (Å²) < 4.78 is 0.966. The van der Waals surface area contributed by atoms with E-state index in [1.54, 1.807) is 0 Å². The molecule has 0 atom stereocenters. The van der Waals surface area contributed by atoms with Crippen LogP contribution in [-0.4, -0.2) is 11.5 Å². The number of nitrogens with zero attached hydrogens (tertiary/aromatic N) is 1. The van der Waals surface area contributed by atoms with E-state index in [2.05, 4.69) is 38.4 Å². The van der Waals surface area contributed by atoms with Gasteiger partial charge in [-0.3, -0.25) is 0 Å². The van der Waals surface area contributed by atoms with Crippen LogP contribution in [0.5, 0.6) is 0 Å². The van der Waals surface area contributed by atoms with Crippen LogP contribution in [0, 0.1) is 6.92 Å². The van der Waals surface area contributed by atoms with Crippen LogP contribution >= 0.6 is 15.9 Å². The SMILES string of the molecule is Cc1cnc(Nc2ccc(CCN)cc2)c(Br)c1. The lowest BCUT2D eigenvalue weighted by Crippen LogP contribution is -2.02. The molecule has 4 heteroatoms. The number of hydrogen-bond donors (Lipinski definition) is 2. The van der Waals surface area contributed by atoms with E-state index in [1.165, 1.54) is 5.56 Å². The normalized spacial score (nSPS) is 10.4. The Labute approximate surface area is 116 Å². The van der Waals surface area contributed by atoms with Crippen molar-refractivity contribution < 1.29 is 0 Å². The molecule has 0 aliphatic carbocycles. The zero-order valence-electron chi connectivity index (χ0n) is 10.3. The summed E-state index contributed by atoms with van der Waals surface area (Å²) in [5.41, 5.74) is 8.92. The third-order valence-electron chi connectivity index (χ3n) is 2.63. The van der Waals surface area contributed by atoms with E-state index in [0.29, 0.717) is 6.54 Å². The van der Waals surface area contributed by atoms with Crippen molar-refractivity contribution in [1.82, 2.24) is 4.98 Å². The average molecular weight is 306 g/mol. The van der Waals surface area contributed by atoms with Gasteiger partial charge in [0.25, 0.3) is 0 Å². The molecule has 18 heavy (non-hydrogen) atoms. The van der Waals surface area contributed by atoms with E-state index in [9.17, 15) is 0 Å². The molecule has 2 aromatic rings. The van der Waals surface area contributed by atoms with Crippen molar-refractivity contribution >= 4 is 27.4 Å². The molecular weight excluding hydrogens is 290 g/mol. The highest BCUT2D eigenvalue weighted by Crippen LogP contribution is 2.24. The van der Waals surface area contributed by atoms with Gasteiger partial charge in [-0.1, -0.05) is 12.1 Å². The molecule has 0 bridgehead atoms. The van der Waals surface area contributed by atoms with Crippen molar-refractivity contribution in [2.45, 2.75) is 13.3 Å². The van der Waals surface area contributed by atoms with Gasteiger partial charge in [0.2, 0.25) is 0 Å². The van der Waals surface area contributed by atoms with Crippen LogP contribution in [0.3, 0.4) is 0 Å². The van der Waals surface area contributed by atoms with Gasteiger partial charge < -0.3 is 11.1 Å². The first-order chi connectivity index (χ1) is 8.69. The first-order valence-electron chi connectivity index (χ1n) is 5.87.